The Hall–Kier alpha value is -4.61. The van der Waals surface area contributed by atoms with E-state index in [9.17, 15) is 19.2 Å². The number of nitrogens with zero attached hydrogens (tertiary/aromatic N) is 5. The quantitative estimate of drug-likeness (QED) is 0.0292. The Balaban J connectivity index is -0.000000105. The van der Waals surface area contributed by atoms with Crippen LogP contribution in [0.4, 0.5) is 0 Å². The second kappa shape index (κ2) is 83.2. The fourth-order valence-electron chi connectivity index (χ4n) is 16.1. The number of terminal acetylenes is 1. The number of amides is 4. The third-order valence-corrected chi connectivity index (χ3v) is 21.6. The summed E-state index contributed by atoms with van der Waals surface area (Å²) in [6.07, 6.45) is 45.0. The third kappa shape index (κ3) is 172. The lowest BCUT2D eigenvalue weighted by atomic mass is 9.68. The van der Waals surface area contributed by atoms with Gasteiger partial charge >= 0.3 is 0 Å². The number of nitriles is 3. The van der Waals surface area contributed by atoms with Gasteiger partial charge < -0.3 is 20.4 Å². The summed E-state index contributed by atoms with van der Waals surface area (Å²) in [5.74, 6) is 4.51. The molecule has 0 fully saturated rings. The zero-order valence-electron chi connectivity index (χ0n) is 109. The molecule has 1 unspecified atom stereocenters. The van der Waals surface area contributed by atoms with Gasteiger partial charge in [0.15, 0.2) is 0 Å². The molecule has 0 aliphatic heterocycles. The van der Waals surface area contributed by atoms with Gasteiger partial charge in [0.2, 0.25) is 23.6 Å². The number of hydrogen-bond donors (Lipinski definition) is 2. The first-order valence-electron chi connectivity index (χ1n) is 56.3. The molecular weight excluding hydrogens is 1740 g/mol. The molecule has 11 nitrogen and oxygen atoms in total. The number of hydrogen-bond acceptors (Lipinski definition) is 7. The first-order chi connectivity index (χ1) is 62.4. The van der Waals surface area contributed by atoms with E-state index in [-0.39, 0.29) is 70.7 Å². The van der Waals surface area contributed by atoms with E-state index in [4.69, 9.17) is 22.2 Å². The van der Waals surface area contributed by atoms with Crippen molar-refractivity contribution in [3.05, 3.63) is 24.8 Å². The van der Waals surface area contributed by atoms with Gasteiger partial charge in [0.1, 0.15) is 6.54 Å². The molecule has 0 heterocycles. The zero-order chi connectivity index (χ0) is 116. The molecule has 1 atom stereocenters. The van der Waals surface area contributed by atoms with Crippen LogP contribution in [-0.4, -0.2) is 72.2 Å². The van der Waals surface area contributed by atoms with Crippen LogP contribution in [0.15, 0.2) is 24.8 Å². The first-order valence-corrected chi connectivity index (χ1v) is 56.3. The van der Waals surface area contributed by atoms with Crippen molar-refractivity contribution >= 4 is 23.6 Å². The molecule has 0 bridgehead atoms. The van der Waals surface area contributed by atoms with Crippen molar-refractivity contribution in [1.29, 1.82) is 15.8 Å². The van der Waals surface area contributed by atoms with E-state index in [0.29, 0.717) is 109 Å². The molecule has 0 radical (unpaired) electrons. The second-order valence-electron chi connectivity index (χ2n) is 61.3. The summed E-state index contributed by atoms with van der Waals surface area (Å²) in [5.41, 5.74) is 6.32. The van der Waals surface area contributed by atoms with Gasteiger partial charge in [-0.05, 0) is 255 Å². The fourth-order valence-corrected chi connectivity index (χ4v) is 16.1. The van der Waals surface area contributed by atoms with Crippen molar-refractivity contribution in [3.63, 3.8) is 0 Å². The van der Waals surface area contributed by atoms with Crippen LogP contribution in [0.1, 0.15) is 623 Å². The summed E-state index contributed by atoms with van der Waals surface area (Å²) in [6, 6.07) is 6.74. The second-order valence-corrected chi connectivity index (χ2v) is 61.3. The Labute approximate surface area is 899 Å². The maximum absolute atomic E-state index is 11.8. The van der Waals surface area contributed by atoms with Crippen LogP contribution in [0, 0.1) is 156 Å². The van der Waals surface area contributed by atoms with Crippen LogP contribution in [0.3, 0.4) is 0 Å². The predicted octanol–water partition coefficient (Wildman–Crippen LogP) is 42.2. The standard InChI is InChI=1S/C14H28.C13H25N.C12H23N.C11H20N2O.C11H24.C10H21NO.C9H15NO.2C9H20.C9H18.C8H17NO.C8H18.C7H16.CH4/c1-5-6-7-8-9-10-11-12-13-14(2,3)4;1-6-13(7-2,9-8-10-14)11-12(3,4)5;1-11(2,3)8-6-7-9-12(4,5)10-13;1-9(2)13(7-6-12)10(14)8-11(3,4)5;1-9(11(5,6)7)8-10(2,3)4;1-6-11(7-2)9(12)8-10(3,4)5;1-5-6-10-8(11)7-9(2,3)4;2*1-8(2,3)7-9(4,5)6;1-5-6-7-8-9(2,3)4;1-5-9-7(10)6-8(2,3)4;1-7(2)6-8(3,4)5;1-5-6-7(2,3)4;/h6-7H,5,8-13H2,1-4H3;6-9,11H2,1-5H3;6-9H2,1-5H3;9H,7-8H2,1-5H3;9H,8H2,1-7H3;6-8H2,1-5H3;1H,6-7H2,2-4H3,(H,10,11);2*7H2,1-6H3;5H,1,6-8H2,2-4H3;5-6H2,1-4H3,(H,9,10);7H,6H2,1-5H3;5-6H2,1-4H3;1H4/b7-6+;;;;;;;;;;;;;. The first kappa shape index (κ1) is 168. The number of unbranched alkanes of at least 4 members (excludes halogenated alkanes) is 6. The SMILES string of the molecule is C.C#CCNC(=O)CC(C)(C)C.C=CCCCC(C)(C)C.CC(C)(C)CC(C)(C)C.CC(C)(C)CC(C)(C)C.CC(C)(C)CCCCC(C)(C)C#N.CC(C)CC(C)(C)C.CC(C)N(CC#N)C(=O)CC(C)(C)C.CC(CC(C)(C)C)C(C)(C)C.CC/C=C/CCCCCCC(C)(C)C.CCC(CC)(CCC#N)CC(C)(C)C.CCCC(C)(C)C.CCN(CC)C(=O)CC(C)(C)C.CCNC(=O)CC(C)(C)C. The number of carbonyl (C=O) groups is 4. The molecule has 0 aromatic heterocycles. The fraction of sp³-hybridized carbons (Fsp3) is 0.901. The minimum Gasteiger partial charge on any atom is -0.356 e. The molecule has 4 amide bonds. The highest BCUT2D eigenvalue weighted by Crippen LogP contribution is 2.43. The van der Waals surface area contributed by atoms with Crippen LogP contribution in [0.5, 0.6) is 0 Å². The molecule has 0 saturated carbocycles. The van der Waals surface area contributed by atoms with Gasteiger partial charge in [-0.1, -0.05) is 464 Å². The van der Waals surface area contributed by atoms with E-state index in [1.807, 2.05) is 107 Å². The monoisotopic (exact) mass is 2010 g/mol. The Bertz CT molecular complexity index is 3120. The van der Waals surface area contributed by atoms with Gasteiger partial charge in [0.25, 0.3) is 0 Å². The average molecular weight is 2010 g/mol. The van der Waals surface area contributed by atoms with E-state index in [0.717, 1.165) is 50.7 Å². The highest BCUT2D eigenvalue weighted by atomic mass is 16.2. The molecule has 0 aliphatic carbocycles. The van der Waals surface area contributed by atoms with E-state index >= 15 is 0 Å². The summed E-state index contributed by atoms with van der Waals surface area (Å²) >= 11 is 0. The molecule has 0 aromatic carbocycles. The molecule has 0 spiro atoms. The van der Waals surface area contributed by atoms with Crippen LogP contribution in [-0.2, 0) is 19.2 Å². The van der Waals surface area contributed by atoms with Crippen molar-refractivity contribution in [1.82, 2.24) is 20.4 Å². The normalized spacial score (nSPS) is 12.4. The minimum atomic E-state index is -0.127. The lowest BCUT2D eigenvalue weighted by Gasteiger charge is -2.37. The van der Waals surface area contributed by atoms with Crippen LogP contribution in [0.2, 0.25) is 0 Å². The van der Waals surface area contributed by atoms with E-state index in [1.165, 1.54) is 135 Å². The van der Waals surface area contributed by atoms with Gasteiger partial charge in [-0.15, -0.1) is 13.0 Å². The van der Waals surface area contributed by atoms with Crippen LogP contribution < -0.4 is 10.6 Å². The lowest BCUT2D eigenvalue weighted by molar-refractivity contribution is -0.134. The lowest BCUT2D eigenvalue weighted by Crippen LogP contribution is -2.38. The predicted molar refractivity (Wildman–Crippen MR) is 646 cm³/mol. The number of carbonyl (C=O) groups excluding carboxylic acids is 4. The molecule has 11 heteroatoms. The Morgan fingerprint density at radius 1 is 0.366 bits per heavy atom. The molecule has 0 saturated heterocycles. The Morgan fingerprint density at radius 2 is 0.704 bits per heavy atom. The molecule has 142 heavy (non-hydrogen) atoms. The van der Waals surface area contributed by atoms with Crippen molar-refractivity contribution < 1.29 is 19.2 Å². The van der Waals surface area contributed by atoms with E-state index in [2.05, 4.69) is 387 Å². The molecule has 852 valence electrons. The third-order valence-electron chi connectivity index (χ3n) is 21.6. The van der Waals surface area contributed by atoms with Crippen molar-refractivity contribution in [2.75, 3.05) is 32.7 Å². The summed E-state index contributed by atoms with van der Waals surface area (Å²) in [7, 11) is 0. The van der Waals surface area contributed by atoms with Crippen molar-refractivity contribution in [2.24, 2.45) is 109 Å². The molecule has 0 aromatic rings. The topological polar surface area (TPSA) is 170 Å². The average Bonchev–Trinajstić information content (AvgIpc) is 0.842. The zero-order valence-corrected chi connectivity index (χ0v) is 109. The largest absolute Gasteiger partial charge is 0.356 e. The van der Waals surface area contributed by atoms with Gasteiger partial charge in [0.05, 0.1) is 30.2 Å². The highest BCUT2D eigenvalue weighted by molar-refractivity contribution is 5.78. The number of rotatable bonds is 32. The number of nitrogens with one attached hydrogen (secondary N) is 2. The summed E-state index contributed by atoms with van der Waals surface area (Å²) in [6.45, 7) is 143. The van der Waals surface area contributed by atoms with E-state index < -0.39 is 0 Å². The molecule has 0 aliphatic rings. The van der Waals surface area contributed by atoms with Crippen LogP contribution in [0.25, 0.3) is 0 Å². The minimum absolute atomic E-state index is 0. The maximum Gasteiger partial charge on any atom is 0.224 e. The van der Waals surface area contributed by atoms with Gasteiger partial charge in [-0.2, -0.15) is 15.8 Å². The van der Waals surface area contributed by atoms with Crippen molar-refractivity contribution in [2.45, 2.75) is 629 Å². The smallest absolute Gasteiger partial charge is 0.224 e. The van der Waals surface area contributed by atoms with Crippen LogP contribution >= 0.6 is 0 Å². The van der Waals surface area contributed by atoms with E-state index in [1.54, 1.807) is 4.90 Å². The van der Waals surface area contributed by atoms with Crippen molar-refractivity contribution in [3.8, 4) is 30.6 Å². The Kier molecular flexibility index (Phi) is 98.3. The summed E-state index contributed by atoms with van der Waals surface area (Å²) < 4.78 is 0. The van der Waals surface area contributed by atoms with Gasteiger partial charge in [0, 0.05) is 57.8 Å². The highest BCUT2D eigenvalue weighted by Gasteiger charge is 2.32. The van der Waals surface area contributed by atoms with Gasteiger partial charge in [-0.25, -0.2) is 0 Å². The molecular formula is C131H269N7O4. The molecule has 0 rings (SSSR count). The van der Waals surface area contributed by atoms with Gasteiger partial charge in [-0.3, -0.25) is 19.2 Å². The Morgan fingerprint density at radius 3 is 0.937 bits per heavy atom. The molecule has 2 N–H and O–H groups in total. The number of allylic oxidation sites excluding steroid dienone is 3. The summed E-state index contributed by atoms with van der Waals surface area (Å²) in [5, 5.41) is 31.4. The maximum atomic E-state index is 11.8. The summed E-state index contributed by atoms with van der Waals surface area (Å²) in [4.78, 5) is 48.8.